The molecule has 0 spiro atoms. The molecule has 8 nitrogen and oxygen atoms in total. The molecule has 1 unspecified atom stereocenters. The standard InChI is InChI=1S/C14H16N2O6/c15-11(14(20)21)8-9(10(8)13(18)19)12(17)16-22-6-7-4-2-1-3-5-7/h1-5,8-11H,6,15H2,(H,16,17)(H,18,19)(H,20,21)/t8-,9+,10+,11?/m0/s1. The van der Waals surface area contributed by atoms with Crippen molar-refractivity contribution in [2.75, 3.05) is 0 Å². The van der Waals surface area contributed by atoms with E-state index < -0.39 is 41.6 Å². The van der Waals surface area contributed by atoms with Crippen LogP contribution in [-0.4, -0.2) is 34.1 Å². The van der Waals surface area contributed by atoms with Gasteiger partial charge in [-0.2, -0.15) is 0 Å². The molecule has 8 heteroatoms. The fraction of sp³-hybridized carbons (Fsp3) is 0.357. The van der Waals surface area contributed by atoms with Crippen LogP contribution in [0.3, 0.4) is 0 Å². The van der Waals surface area contributed by atoms with Gasteiger partial charge in [0.1, 0.15) is 6.04 Å². The lowest BCUT2D eigenvalue weighted by Crippen LogP contribution is -2.35. The van der Waals surface area contributed by atoms with Crippen molar-refractivity contribution < 1.29 is 29.4 Å². The van der Waals surface area contributed by atoms with E-state index in [2.05, 4.69) is 5.48 Å². The molecule has 1 aromatic carbocycles. The predicted molar refractivity (Wildman–Crippen MR) is 73.1 cm³/mol. The summed E-state index contributed by atoms with van der Waals surface area (Å²) in [5, 5.41) is 17.8. The number of carboxylic acid groups (broad SMARTS) is 2. The smallest absolute Gasteiger partial charge is 0.320 e. The molecule has 4 atom stereocenters. The number of nitrogens with two attached hydrogens (primary N) is 1. The Hall–Kier alpha value is -2.45. The molecule has 0 radical (unpaired) electrons. The van der Waals surface area contributed by atoms with Crippen molar-refractivity contribution in [2.45, 2.75) is 12.6 Å². The number of nitrogens with one attached hydrogen (secondary N) is 1. The molecule has 0 aliphatic heterocycles. The van der Waals surface area contributed by atoms with Crippen LogP contribution in [0.15, 0.2) is 30.3 Å². The Morgan fingerprint density at radius 3 is 2.36 bits per heavy atom. The Labute approximate surface area is 125 Å². The highest BCUT2D eigenvalue weighted by Crippen LogP contribution is 2.48. The molecule has 1 aliphatic carbocycles. The van der Waals surface area contributed by atoms with E-state index in [0.29, 0.717) is 0 Å². The molecule has 2 rings (SSSR count). The Kier molecular flexibility index (Phi) is 4.74. The number of hydroxylamine groups is 1. The molecule has 0 saturated heterocycles. The first kappa shape index (κ1) is 15.9. The maximum Gasteiger partial charge on any atom is 0.320 e. The van der Waals surface area contributed by atoms with Gasteiger partial charge in [0.15, 0.2) is 0 Å². The molecule has 1 amide bonds. The zero-order chi connectivity index (χ0) is 16.3. The van der Waals surface area contributed by atoms with Crippen molar-refractivity contribution in [3.63, 3.8) is 0 Å². The summed E-state index contributed by atoms with van der Waals surface area (Å²) < 4.78 is 0. The van der Waals surface area contributed by atoms with Crippen molar-refractivity contribution in [1.82, 2.24) is 5.48 Å². The van der Waals surface area contributed by atoms with Crippen LogP contribution in [0.4, 0.5) is 0 Å². The molecule has 1 fully saturated rings. The Balaban J connectivity index is 1.88. The summed E-state index contributed by atoms with van der Waals surface area (Å²) in [5.74, 6) is -6.30. The molecule has 5 N–H and O–H groups in total. The second-order valence-corrected chi connectivity index (χ2v) is 5.07. The van der Waals surface area contributed by atoms with E-state index in [4.69, 9.17) is 20.8 Å². The summed E-state index contributed by atoms with van der Waals surface area (Å²) in [6, 6.07) is 7.65. The average Bonchev–Trinajstić information content (AvgIpc) is 3.23. The predicted octanol–water partition coefficient (Wildman–Crippen LogP) is -0.407. The summed E-state index contributed by atoms with van der Waals surface area (Å²) in [5.41, 5.74) is 8.39. The van der Waals surface area contributed by atoms with Crippen LogP contribution in [0, 0.1) is 17.8 Å². The molecule has 22 heavy (non-hydrogen) atoms. The van der Waals surface area contributed by atoms with Crippen LogP contribution < -0.4 is 11.2 Å². The number of rotatable bonds is 7. The van der Waals surface area contributed by atoms with Gasteiger partial charge in [0.25, 0.3) is 0 Å². The summed E-state index contributed by atoms with van der Waals surface area (Å²) in [4.78, 5) is 38.8. The van der Waals surface area contributed by atoms with Gasteiger partial charge >= 0.3 is 11.9 Å². The highest BCUT2D eigenvalue weighted by Gasteiger charge is 2.63. The van der Waals surface area contributed by atoms with Gasteiger partial charge in [0.05, 0.1) is 18.4 Å². The number of benzene rings is 1. The third kappa shape index (κ3) is 3.41. The third-order valence-electron chi connectivity index (χ3n) is 3.62. The van der Waals surface area contributed by atoms with Crippen molar-refractivity contribution in [1.29, 1.82) is 0 Å². The van der Waals surface area contributed by atoms with Crippen LogP contribution in [0.2, 0.25) is 0 Å². The van der Waals surface area contributed by atoms with Crippen molar-refractivity contribution in [3.8, 4) is 0 Å². The summed E-state index contributed by atoms with van der Waals surface area (Å²) in [6.07, 6.45) is 0. The number of aliphatic carboxylic acids is 2. The second-order valence-electron chi connectivity index (χ2n) is 5.07. The lowest BCUT2D eigenvalue weighted by atomic mass is 10.1. The van der Waals surface area contributed by atoms with Gasteiger partial charge in [-0.05, 0) is 5.56 Å². The van der Waals surface area contributed by atoms with E-state index in [9.17, 15) is 14.4 Å². The maximum absolute atomic E-state index is 11.9. The van der Waals surface area contributed by atoms with E-state index in [1.807, 2.05) is 18.2 Å². The van der Waals surface area contributed by atoms with Crippen LogP contribution in [-0.2, 0) is 25.8 Å². The fourth-order valence-electron chi connectivity index (χ4n) is 2.43. The Morgan fingerprint density at radius 2 is 1.82 bits per heavy atom. The first-order chi connectivity index (χ1) is 10.4. The van der Waals surface area contributed by atoms with E-state index in [1.54, 1.807) is 12.1 Å². The summed E-state index contributed by atoms with van der Waals surface area (Å²) in [7, 11) is 0. The molecule has 1 aliphatic rings. The molecule has 1 saturated carbocycles. The molecule has 0 aromatic heterocycles. The topological polar surface area (TPSA) is 139 Å². The zero-order valence-electron chi connectivity index (χ0n) is 11.5. The molecular weight excluding hydrogens is 292 g/mol. The minimum Gasteiger partial charge on any atom is -0.481 e. The van der Waals surface area contributed by atoms with Gasteiger partial charge in [-0.15, -0.1) is 0 Å². The highest BCUT2D eigenvalue weighted by atomic mass is 16.6. The second kappa shape index (κ2) is 6.54. The molecule has 1 aromatic rings. The van der Waals surface area contributed by atoms with E-state index in [-0.39, 0.29) is 6.61 Å². The number of carbonyl (C=O) groups is 3. The van der Waals surface area contributed by atoms with Crippen molar-refractivity contribution in [3.05, 3.63) is 35.9 Å². The van der Waals surface area contributed by atoms with Gasteiger partial charge < -0.3 is 15.9 Å². The first-order valence-electron chi connectivity index (χ1n) is 6.60. The lowest BCUT2D eigenvalue weighted by molar-refractivity contribution is -0.143. The van der Waals surface area contributed by atoms with E-state index in [1.165, 1.54) is 0 Å². The van der Waals surface area contributed by atoms with Gasteiger partial charge in [-0.1, -0.05) is 30.3 Å². The zero-order valence-corrected chi connectivity index (χ0v) is 11.5. The largest absolute Gasteiger partial charge is 0.481 e. The van der Waals surface area contributed by atoms with Crippen LogP contribution in [0.5, 0.6) is 0 Å². The molecular formula is C14H16N2O6. The monoisotopic (exact) mass is 308 g/mol. The van der Waals surface area contributed by atoms with Crippen LogP contribution >= 0.6 is 0 Å². The number of carbonyl (C=O) groups excluding carboxylic acids is 1. The van der Waals surface area contributed by atoms with Gasteiger partial charge in [0, 0.05) is 5.92 Å². The third-order valence-corrected chi connectivity index (χ3v) is 3.62. The molecule has 0 bridgehead atoms. The van der Waals surface area contributed by atoms with Crippen LogP contribution in [0.1, 0.15) is 5.56 Å². The number of carboxylic acids is 2. The van der Waals surface area contributed by atoms with Gasteiger partial charge in [0.2, 0.25) is 5.91 Å². The SMILES string of the molecule is NC(C(=O)O)[C@@H]1[C@@H](C(=O)O)[C@@H]1C(=O)NOCc1ccccc1. The first-order valence-corrected chi connectivity index (χ1v) is 6.60. The van der Waals surface area contributed by atoms with E-state index >= 15 is 0 Å². The number of hydrogen-bond donors (Lipinski definition) is 4. The van der Waals surface area contributed by atoms with E-state index in [0.717, 1.165) is 5.56 Å². The molecule has 118 valence electrons. The maximum atomic E-state index is 11.9. The summed E-state index contributed by atoms with van der Waals surface area (Å²) >= 11 is 0. The van der Waals surface area contributed by atoms with Crippen molar-refractivity contribution >= 4 is 17.8 Å². The fourth-order valence-corrected chi connectivity index (χ4v) is 2.43. The average molecular weight is 308 g/mol. The highest BCUT2D eigenvalue weighted by molar-refractivity contribution is 5.92. The Bertz CT molecular complexity index is 576. The minimum atomic E-state index is -1.40. The number of amides is 1. The minimum absolute atomic E-state index is 0.118. The molecule has 0 heterocycles. The summed E-state index contributed by atoms with van der Waals surface area (Å²) in [6.45, 7) is 0.118. The van der Waals surface area contributed by atoms with Gasteiger partial charge in [-0.3, -0.25) is 19.2 Å². The number of hydrogen-bond acceptors (Lipinski definition) is 5. The normalized spacial score (nSPS) is 24.3. The van der Waals surface area contributed by atoms with Crippen molar-refractivity contribution in [2.24, 2.45) is 23.5 Å². The Morgan fingerprint density at radius 1 is 1.18 bits per heavy atom. The van der Waals surface area contributed by atoms with Gasteiger partial charge in [-0.25, -0.2) is 5.48 Å². The lowest BCUT2D eigenvalue weighted by Gasteiger charge is -2.07. The quantitative estimate of drug-likeness (QED) is 0.502. The van der Waals surface area contributed by atoms with Crippen LogP contribution in [0.25, 0.3) is 0 Å².